The highest BCUT2D eigenvalue weighted by molar-refractivity contribution is 5.86. The summed E-state index contributed by atoms with van der Waals surface area (Å²) in [7, 11) is 0. The van der Waals surface area contributed by atoms with Crippen LogP contribution in [0.1, 0.15) is 24.1 Å². The molecule has 1 atom stereocenters. The van der Waals surface area contributed by atoms with Crippen LogP contribution in [0.3, 0.4) is 0 Å². The minimum Gasteiger partial charge on any atom is -0.362 e. The molecule has 30 heavy (non-hydrogen) atoms. The van der Waals surface area contributed by atoms with E-state index in [1.54, 1.807) is 24.8 Å². The normalized spacial score (nSPS) is 12.0. The average molecular weight is 390 g/mol. The van der Waals surface area contributed by atoms with Gasteiger partial charge in [0.25, 0.3) is 0 Å². The highest BCUT2D eigenvalue weighted by atomic mass is 15.2. The number of aromatic nitrogens is 4. The van der Waals surface area contributed by atoms with Crippen LogP contribution < -0.4 is 5.32 Å². The summed E-state index contributed by atoms with van der Waals surface area (Å²) in [6.07, 6.45) is 5.10. The van der Waals surface area contributed by atoms with Crippen molar-refractivity contribution < 1.29 is 0 Å². The number of rotatable bonds is 4. The third-order valence-corrected chi connectivity index (χ3v) is 5.20. The molecule has 0 radical (unpaired) electrons. The van der Waals surface area contributed by atoms with Crippen molar-refractivity contribution in [3.05, 3.63) is 90.5 Å². The number of benzene rings is 3. The summed E-state index contributed by atoms with van der Waals surface area (Å²) in [5.74, 6) is 1.31. The Morgan fingerprint density at radius 1 is 1.03 bits per heavy atom. The number of anilines is 1. The zero-order chi connectivity index (χ0) is 20.5. The predicted molar refractivity (Wildman–Crippen MR) is 117 cm³/mol. The third-order valence-electron chi connectivity index (χ3n) is 5.20. The fourth-order valence-corrected chi connectivity index (χ4v) is 3.73. The van der Waals surface area contributed by atoms with Gasteiger partial charge in [-0.2, -0.15) is 5.26 Å². The van der Waals surface area contributed by atoms with E-state index < -0.39 is 0 Å². The number of nitrogens with zero attached hydrogens (tertiary/aromatic N) is 5. The van der Waals surface area contributed by atoms with Gasteiger partial charge >= 0.3 is 0 Å². The third kappa shape index (κ3) is 3.12. The number of hydrogen-bond acceptors (Lipinski definition) is 5. The lowest BCUT2D eigenvalue weighted by atomic mass is 10.00. The molecule has 0 fully saturated rings. The first kappa shape index (κ1) is 17.8. The van der Waals surface area contributed by atoms with E-state index in [1.165, 1.54) is 16.3 Å². The van der Waals surface area contributed by atoms with Crippen molar-refractivity contribution in [3.63, 3.8) is 0 Å². The van der Waals surface area contributed by atoms with E-state index in [-0.39, 0.29) is 6.04 Å². The molecule has 3 aromatic carbocycles. The summed E-state index contributed by atoms with van der Waals surface area (Å²) in [4.78, 5) is 13.5. The molecular formula is C24H18N6. The topological polar surface area (TPSA) is 79.4 Å². The van der Waals surface area contributed by atoms with Gasteiger partial charge < -0.3 is 5.32 Å². The van der Waals surface area contributed by atoms with E-state index in [2.05, 4.69) is 64.7 Å². The molecule has 1 unspecified atom stereocenters. The summed E-state index contributed by atoms with van der Waals surface area (Å²) >= 11 is 0. The molecule has 5 aromatic rings. The van der Waals surface area contributed by atoms with Crippen molar-refractivity contribution in [3.8, 4) is 11.9 Å². The smallest absolute Gasteiger partial charge is 0.159 e. The molecule has 6 nitrogen and oxygen atoms in total. The quantitative estimate of drug-likeness (QED) is 0.466. The van der Waals surface area contributed by atoms with Gasteiger partial charge in [-0.25, -0.2) is 9.97 Å². The molecule has 0 aliphatic heterocycles. The summed E-state index contributed by atoms with van der Waals surface area (Å²) in [6, 6.07) is 22.3. The lowest BCUT2D eigenvalue weighted by molar-refractivity contribution is 0.873. The first-order chi connectivity index (χ1) is 14.7. The van der Waals surface area contributed by atoms with Crippen LogP contribution >= 0.6 is 0 Å². The zero-order valence-electron chi connectivity index (χ0n) is 16.3. The van der Waals surface area contributed by atoms with Crippen LogP contribution in [-0.2, 0) is 0 Å². The van der Waals surface area contributed by atoms with Gasteiger partial charge in [0.05, 0.1) is 41.1 Å². The fourth-order valence-electron chi connectivity index (χ4n) is 3.73. The van der Waals surface area contributed by atoms with Crippen molar-refractivity contribution >= 4 is 27.6 Å². The minimum atomic E-state index is 0.0466. The molecule has 0 aliphatic rings. The molecule has 0 amide bonds. The van der Waals surface area contributed by atoms with Crippen LogP contribution in [0.25, 0.3) is 27.6 Å². The zero-order valence-corrected chi connectivity index (χ0v) is 16.3. The largest absolute Gasteiger partial charge is 0.362 e. The second-order valence-electron chi connectivity index (χ2n) is 7.13. The van der Waals surface area contributed by atoms with Crippen LogP contribution in [0.5, 0.6) is 0 Å². The van der Waals surface area contributed by atoms with E-state index >= 15 is 0 Å². The Balaban J connectivity index is 1.49. The average Bonchev–Trinajstić information content (AvgIpc) is 3.22. The van der Waals surface area contributed by atoms with E-state index in [1.807, 2.05) is 22.8 Å². The van der Waals surface area contributed by atoms with Crippen LogP contribution in [-0.4, -0.2) is 19.5 Å². The molecule has 1 N–H and O–H groups in total. The van der Waals surface area contributed by atoms with Gasteiger partial charge in [-0.15, -0.1) is 0 Å². The van der Waals surface area contributed by atoms with Gasteiger partial charge in [0.2, 0.25) is 0 Å². The Morgan fingerprint density at radius 2 is 1.90 bits per heavy atom. The van der Waals surface area contributed by atoms with Crippen molar-refractivity contribution in [2.24, 2.45) is 0 Å². The molecule has 2 heterocycles. The lowest BCUT2D eigenvalue weighted by Crippen LogP contribution is -2.10. The lowest BCUT2D eigenvalue weighted by Gasteiger charge is -2.17. The summed E-state index contributed by atoms with van der Waals surface area (Å²) in [5.41, 5.74) is 3.41. The van der Waals surface area contributed by atoms with Gasteiger partial charge in [0.15, 0.2) is 5.82 Å². The molecule has 0 bridgehead atoms. The first-order valence-electron chi connectivity index (χ1n) is 9.67. The Morgan fingerprint density at radius 3 is 2.80 bits per heavy atom. The second kappa shape index (κ2) is 7.30. The number of imidazole rings is 1. The van der Waals surface area contributed by atoms with E-state index in [0.717, 1.165) is 11.0 Å². The molecular weight excluding hydrogens is 372 g/mol. The van der Waals surface area contributed by atoms with Gasteiger partial charge in [-0.3, -0.25) is 9.55 Å². The maximum Gasteiger partial charge on any atom is 0.159 e. The molecule has 144 valence electrons. The summed E-state index contributed by atoms with van der Waals surface area (Å²) in [5, 5.41) is 15.1. The van der Waals surface area contributed by atoms with Gasteiger partial charge in [0, 0.05) is 0 Å². The SMILES string of the molecule is CC(Nc1cncc(-n2cnc3ccc(C#N)cc32)n1)c1cccc2ccccc12. The monoisotopic (exact) mass is 390 g/mol. The first-order valence-corrected chi connectivity index (χ1v) is 9.67. The van der Waals surface area contributed by atoms with Gasteiger partial charge in [-0.1, -0.05) is 42.5 Å². The maximum absolute atomic E-state index is 9.21. The van der Waals surface area contributed by atoms with E-state index in [4.69, 9.17) is 4.98 Å². The van der Waals surface area contributed by atoms with Crippen molar-refractivity contribution in [1.82, 2.24) is 19.5 Å². The molecule has 2 aromatic heterocycles. The number of nitrogens with one attached hydrogen (secondary N) is 1. The Kier molecular flexibility index (Phi) is 4.34. The Bertz CT molecular complexity index is 1410. The van der Waals surface area contributed by atoms with Crippen molar-refractivity contribution in [1.29, 1.82) is 5.26 Å². The Labute approximate surface area is 173 Å². The minimum absolute atomic E-state index is 0.0466. The second-order valence-corrected chi connectivity index (χ2v) is 7.13. The summed E-state index contributed by atoms with van der Waals surface area (Å²) in [6.45, 7) is 2.11. The number of nitriles is 1. The molecule has 0 aliphatic carbocycles. The molecule has 0 saturated carbocycles. The van der Waals surface area contributed by atoms with E-state index in [0.29, 0.717) is 17.2 Å². The standard InChI is InChI=1S/C24H18N6/c1-16(19-8-4-6-18-5-2-3-7-20(18)19)28-23-13-26-14-24(29-23)30-15-27-21-10-9-17(12-25)11-22(21)30/h2-11,13-16H,1H3,(H,28,29). The highest BCUT2D eigenvalue weighted by Gasteiger charge is 2.12. The highest BCUT2D eigenvalue weighted by Crippen LogP contribution is 2.26. The molecule has 6 heteroatoms. The number of hydrogen-bond donors (Lipinski definition) is 1. The van der Waals surface area contributed by atoms with Crippen molar-refractivity contribution in [2.75, 3.05) is 5.32 Å². The summed E-state index contributed by atoms with van der Waals surface area (Å²) < 4.78 is 1.84. The van der Waals surface area contributed by atoms with Gasteiger partial charge in [-0.05, 0) is 41.5 Å². The van der Waals surface area contributed by atoms with Crippen LogP contribution in [0, 0.1) is 11.3 Å². The van der Waals surface area contributed by atoms with Crippen LogP contribution in [0.4, 0.5) is 5.82 Å². The molecule has 0 saturated heterocycles. The van der Waals surface area contributed by atoms with Crippen LogP contribution in [0.2, 0.25) is 0 Å². The fraction of sp³-hybridized carbons (Fsp3) is 0.0833. The predicted octanol–water partition coefficient (Wildman–Crippen LogP) is 5.01. The Hall–Kier alpha value is -4.24. The number of fused-ring (bicyclic) bond motifs is 2. The van der Waals surface area contributed by atoms with Crippen LogP contribution in [0.15, 0.2) is 79.4 Å². The van der Waals surface area contributed by atoms with Crippen molar-refractivity contribution in [2.45, 2.75) is 13.0 Å². The molecule has 0 spiro atoms. The van der Waals surface area contributed by atoms with E-state index in [9.17, 15) is 5.26 Å². The van der Waals surface area contributed by atoms with Gasteiger partial charge in [0.1, 0.15) is 12.1 Å². The molecule has 5 rings (SSSR count). The maximum atomic E-state index is 9.21.